The molecule has 0 amide bonds. The number of pyridine rings is 1. The van der Waals surface area contributed by atoms with Crippen molar-refractivity contribution in [2.75, 3.05) is 18.0 Å². The van der Waals surface area contributed by atoms with E-state index in [1.807, 2.05) is 6.20 Å². The molecule has 1 aromatic heterocycles. The minimum atomic E-state index is 0.416. The van der Waals surface area contributed by atoms with Gasteiger partial charge in [-0.2, -0.15) is 0 Å². The summed E-state index contributed by atoms with van der Waals surface area (Å²) >= 11 is 5.80. The molecule has 1 aliphatic rings. The molecule has 0 N–H and O–H groups in total. The van der Waals surface area contributed by atoms with Gasteiger partial charge in [0.15, 0.2) is 0 Å². The number of aryl methyl sites for hydroxylation is 1. The molecule has 1 aliphatic heterocycles. The van der Waals surface area contributed by atoms with Gasteiger partial charge in [0.25, 0.3) is 0 Å². The third-order valence-electron chi connectivity index (χ3n) is 3.24. The van der Waals surface area contributed by atoms with Gasteiger partial charge in [0, 0.05) is 25.2 Å². The van der Waals surface area contributed by atoms with E-state index in [4.69, 9.17) is 11.6 Å². The normalized spacial score (nSPS) is 19.1. The molecular formula is C13H19ClN2. The lowest BCUT2D eigenvalue weighted by Gasteiger charge is -2.22. The first-order chi connectivity index (χ1) is 7.52. The number of rotatable bonds is 2. The molecule has 16 heavy (non-hydrogen) atoms. The maximum absolute atomic E-state index is 5.80. The predicted molar refractivity (Wildman–Crippen MR) is 69.1 cm³/mol. The summed E-state index contributed by atoms with van der Waals surface area (Å²) in [5, 5.41) is 0. The van der Waals surface area contributed by atoms with Gasteiger partial charge >= 0.3 is 0 Å². The van der Waals surface area contributed by atoms with Crippen LogP contribution in [0.4, 0.5) is 5.82 Å². The molecule has 0 atom stereocenters. The lowest BCUT2D eigenvalue weighted by atomic mass is 9.93. The van der Waals surface area contributed by atoms with Gasteiger partial charge in [-0.25, -0.2) is 4.98 Å². The van der Waals surface area contributed by atoms with E-state index in [1.54, 1.807) is 0 Å². The lowest BCUT2D eigenvalue weighted by Crippen LogP contribution is -2.24. The highest BCUT2D eigenvalue weighted by atomic mass is 35.5. The average Bonchev–Trinajstić information content (AvgIpc) is 2.58. The molecule has 1 fully saturated rings. The van der Waals surface area contributed by atoms with Crippen molar-refractivity contribution >= 4 is 17.4 Å². The Labute approximate surface area is 103 Å². The number of alkyl halides is 1. The summed E-state index contributed by atoms with van der Waals surface area (Å²) in [6, 6.07) is 2.14. The average molecular weight is 239 g/mol. The Morgan fingerprint density at radius 1 is 1.50 bits per heavy atom. The predicted octanol–water partition coefficient (Wildman–Crippen LogP) is 3.37. The lowest BCUT2D eigenvalue weighted by molar-refractivity contribution is 0.418. The van der Waals surface area contributed by atoms with E-state index in [0.29, 0.717) is 11.3 Å². The van der Waals surface area contributed by atoms with Gasteiger partial charge < -0.3 is 4.90 Å². The fourth-order valence-electron chi connectivity index (χ4n) is 2.32. The van der Waals surface area contributed by atoms with Crippen LogP contribution in [0.1, 0.15) is 31.4 Å². The van der Waals surface area contributed by atoms with E-state index >= 15 is 0 Å². The monoisotopic (exact) mass is 238 g/mol. The molecule has 0 bridgehead atoms. The maximum atomic E-state index is 5.80. The molecule has 0 unspecified atom stereocenters. The summed E-state index contributed by atoms with van der Waals surface area (Å²) in [4.78, 5) is 6.92. The Kier molecular flexibility index (Phi) is 3.11. The standard InChI is InChI=1S/C13H19ClN2/c1-10-6-11(7-14)8-15-12(10)16-5-4-13(2,3)9-16/h6,8H,4-5,7,9H2,1-3H3. The smallest absolute Gasteiger partial charge is 0.131 e. The van der Waals surface area contributed by atoms with Crippen molar-refractivity contribution in [2.24, 2.45) is 5.41 Å². The summed E-state index contributed by atoms with van der Waals surface area (Å²) in [5.41, 5.74) is 2.75. The molecule has 0 aromatic carbocycles. The maximum Gasteiger partial charge on any atom is 0.131 e. The molecule has 1 saturated heterocycles. The minimum Gasteiger partial charge on any atom is -0.356 e. The fraction of sp³-hybridized carbons (Fsp3) is 0.615. The first-order valence-electron chi connectivity index (χ1n) is 5.78. The van der Waals surface area contributed by atoms with Gasteiger partial charge in [-0.05, 0) is 36.0 Å². The zero-order chi connectivity index (χ0) is 11.8. The van der Waals surface area contributed by atoms with Crippen LogP contribution in [0.3, 0.4) is 0 Å². The first kappa shape index (κ1) is 11.7. The molecule has 1 aromatic rings. The highest BCUT2D eigenvalue weighted by Gasteiger charge is 2.30. The van der Waals surface area contributed by atoms with Gasteiger partial charge in [-0.1, -0.05) is 13.8 Å². The first-order valence-corrected chi connectivity index (χ1v) is 6.32. The number of nitrogens with zero attached hydrogens (tertiary/aromatic N) is 2. The zero-order valence-corrected chi connectivity index (χ0v) is 11.0. The molecule has 2 rings (SSSR count). The fourth-order valence-corrected chi connectivity index (χ4v) is 2.47. The number of anilines is 1. The Hall–Kier alpha value is -0.760. The van der Waals surface area contributed by atoms with Crippen LogP contribution in [0.25, 0.3) is 0 Å². The highest BCUT2D eigenvalue weighted by Crippen LogP contribution is 2.32. The Balaban J connectivity index is 2.22. The van der Waals surface area contributed by atoms with Crippen LogP contribution in [0.2, 0.25) is 0 Å². The van der Waals surface area contributed by atoms with Crippen molar-refractivity contribution in [3.05, 3.63) is 23.4 Å². The second-order valence-corrected chi connectivity index (χ2v) is 5.72. The van der Waals surface area contributed by atoms with Crippen LogP contribution in [0.5, 0.6) is 0 Å². The topological polar surface area (TPSA) is 16.1 Å². The molecular weight excluding hydrogens is 220 g/mol. The van der Waals surface area contributed by atoms with E-state index in [1.165, 1.54) is 12.0 Å². The second kappa shape index (κ2) is 4.25. The highest BCUT2D eigenvalue weighted by molar-refractivity contribution is 6.17. The van der Waals surface area contributed by atoms with E-state index < -0.39 is 0 Å². The Morgan fingerprint density at radius 3 is 2.75 bits per heavy atom. The van der Waals surface area contributed by atoms with Crippen molar-refractivity contribution < 1.29 is 0 Å². The van der Waals surface area contributed by atoms with Crippen molar-refractivity contribution in [3.8, 4) is 0 Å². The van der Waals surface area contributed by atoms with E-state index in [9.17, 15) is 0 Å². The van der Waals surface area contributed by atoms with Crippen LogP contribution >= 0.6 is 11.6 Å². The summed E-state index contributed by atoms with van der Waals surface area (Å²) in [6.45, 7) is 8.96. The number of aromatic nitrogens is 1. The van der Waals surface area contributed by atoms with Crippen molar-refractivity contribution in [3.63, 3.8) is 0 Å². The van der Waals surface area contributed by atoms with Crippen molar-refractivity contribution in [1.82, 2.24) is 4.98 Å². The third-order valence-corrected chi connectivity index (χ3v) is 3.55. The van der Waals surface area contributed by atoms with E-state index in [2.05, 4.69) is 36.7 Å². The molecule has 0 spiro atoms. The summed E-state index contributed by atoms with van der Waals surface area (Å²) < 4.78 is 0. The summed E-state index contributed by atoms with van der Waals surface area (Å²) in [6.07, 6.45) is 3.13. The van der Waals surface area contributed by atoms with E-state index in [-0.39, 0.29) is 0 Å². The van der Waals surface area contributed by atoms with Crippen LogP contribution in [0.15, 0.2) is 12.3 Å². The largest absolute Gasteiger partial charge is 0.356 e. The quantitative estimate of drug-likeness (QED) is 0.735. The second-order valence-electron chi connectivity index (χ2n) is 5.45. The van der Waals surface area contributed by atoms with Gasteiger partial charge in [-0.3, -0.25) is 0 Å². The van der Waals surface area contributed by atoms with Crippen LogP contribution in [0, 0.1) is 12.3 Å². The van der Waals surface area contributed by atoms with Gasteiger partial charge in [0.2, 0.25) is 0 Å². The molecule has 88 valence electrons. The zero-order valence-electron chi connectivity index (χ0n) is 10.3. The van der Waals surface area contributed by atoms with Crippen LogP contribution in [-0.2, 0) is 5.88 Å². The third kappa shape index (κ3) is 2.32. The molecule has 3 heteroatoms. The molecule has 2 heterocycles. The van der Waals surface area contributed by atoms with E-state index in [0.717, 1.165) is 24.5 Å². The number of halogens is 1. The Morgan fingerprint density at radius 2 is 2.25 bits per heavy atom. The minimum absolute atomic E-state index is 0.416. The van der Waals surface area contributed by atoms with Gasteiger partial charge in [0.1, 0.15) is 5.82 Å². The van der Waals surface area contributed by atoms with Crippen LogP contribution in [-0.4, -0.2) is 18.1 Å². The van der Waals surface area contributed by atoms with Gasteiger partial charge in [-0.15, -0.1) is 11.6 Å². The molecule has 2 nitrogen and oxygen atoms in total. The van der Waals surface area contributed by atoms with Crippen LogP contribution < -0.4 is 4.90 Å². The Bertz CT molecular complexity index is 388. The number of hydrogen-bond donors (Lipinski definition) is 0. The summed E-state index contributed by atoms with van der Waals surface area (Å²) in [7, 11) is 0. The van der Waals surface area contributed by atoms with Crippen molar-refractivity contribution in [2.45, 2.75) is 33.1 Å². The van der Waals surface area contributed by atoms with Gasteiger partial charge in [0.05, 0.1) is 0 Å². The summed E-state index contributed by atoms with van der Waals surface area (Å²) in [5.74, 6) is 1.67. The SMILES string of the molecule is Cc1cc(CCl)cnc1N1CCC(C)(C)C1. The molecule has 0 aliphatic carbocycles. The number of hydrogen-bond acceptors (Lipinski definition) is 2. The molecule has 0 radical (unpaired) electrons. The van der Waals surface area contributed by atoms with Crippen molar-refractivity contribution in [1.29, 1.82) is 0 Å². The molecule has 0 saturated carbocycles.